The number of fused-ring (bicyclic) bond motifs is 4. The van der Waals surface area contributed by atoms with Gasteiger partial charge in [-0.2, -0.15) is 0 Å². The Morgan fingerprint density at radius 1 is 0.879 bits per heavy atom. The fraction of sp³-hybridized carbons (Fsp3) is 0.276. The van der Waals surface area contributed by atoms with E-state index in [4.69, 9.17) is 4.42 Å². The van der Waals surface area contributed by atoms with Crippen LogP contribution in [-0.2, 0) is 0 Å². The maximum absolute atomic E-state index is 14.0. The van der Waals surface area contributed by atoms with E-state index < -0.39 is 0 Å². The van der Waals surface area contributed by atoms with Crippen LogP contribution in [0.1, 0.15) is 34.2 Å². The highest BCUT2D eigenvalue weighted by Gasteiger charge is 2.49. The molecular weight excluding hydrogens is 408 g/mol. The zero-order valence-electron chi connectivity index (χ0n) is 19.3. The average Bonchev–Trinajstić information content (AvgIpc) is 3.16. The molecule has 0 unspecified atom stereocenters. The van der Waals surface area contributed by atoms with Gasteiger partial charge < -0.3 is 9.32 Å². The average molecular weight is 437 g/mol. The standard InChI is InChI=1S/C29H28N2O2/c1-18-9-12-21(13-10-18)31-17-24-23(20-7-5-4-6-8-20)16-30(3)27(24)26-28(32)22-15-19(2)11-14-25(22)33-29(26)31/h4-15,23-24,27H,16-17H2,1-3H3/t23-,24-,27+/m1/s1. The van der Waals surface area contributed by atoms with Crippen LogP contribution in [-0.4, -0.2) is 25.0 Å². The molecule has 0 radical (unpaired) electrons. The maximum atomic E-state index is 14.0. The molecule has 2 aliphatic rings. The quantitative estimate of drug-likeness (QED) is 0.389. The number of hydrogen-bond acceptors (Lipinski definition) is 4. The van der Waals surface area contributed by atoms with Crippen molar-refractivity contribution in [2.75, 3.05) is 25.0 Å². The van der Waals surface area contributed by atoms with Crippen LogP contribution in [0.2, 0.25) is 0 Å². The van der Waals surface area contributed by atoms with Gasteiger partial charge in [0.15, 0.2) is 5.43 Å². The summed E-state index contributed by atoms with van der Waals surface area (Å²) in [5, 5.41) is 0.676. The summed E-state index contributed by atoms with van der Waals surface area (Å²) < 4.78 is 6.51. The second kappa shape index (κ2) is 7.60. The van der Waals surface area contributed by atoms with Crippen LogP contribution in [0.25, 0.3) is 11.0 Å². The Bertz CT molecular complexity index is 1390. The molecule has 1 saturated heterocycles. The van der Waals surface area contributed by atoms with Crippen molar-refractivity contribution in [2.45, 2.75) is 25.8 Å². The van der Waals surface area contributed by atoms with Crippen molar-refractivity contribution in [1.82, 2.24) is 4.90 Å². The summed E-state index contributed by atoms with van der Waals surface area (Å²) in [5.41, 5.74) is 6.24. The lowest BCUT2D eigenvalue weighted by molar-refractivity contribution is 0.263. The molecule has 2 aliphatic heterocycles. The van der Waals surface area contributed by atoms with E-state index in [1.165, 1.54) is 11.1 Å². The zero-order chi connectivity index (χ0) is 22.7. The first kappa shape index (κ1) is 20.3. The molecule has 0 saturated carbocycles. The van der Waals surface area contributed by atoms with Crippen molar-refractivity contribution in [3.05, 3.63) is 105 Å². The van der Waals surface area contributed by atoms with Crippen molar-refractivity contribution in [1.29, 1.82) is 0 Å². The third kappa shape index (κ3) is 3.20. The monoisotopic (exact) mass is 436 g/mol. The minimum absolute atomic E-state index is 0.0352. The van der Waals surface area contributed by atoms with Gasteiger partial charge in [-0.25, -0.2) is 0 Å². The van der Waals surface area contributed by atoms with Gasteiger partial charge >= 0.3 is 0 Å². The molecule has 3 heterocycles. The molecule has 0 spiro atoms. The molecular formula is C29H28N2O2. The van der Waals surface area contributed by atoms with Crippen molar-refractivity contribution >= 4 is 22.5 Å². The van der Waals surface area contributed by atoms with Crippen LogP contribution >= 0.6 is 0 Å². The third-order valence-electron chi connectivity index (χ3n) is 7.45. The summed E-state index contributed by atoms with van der Waals surface area (Å²) >= 11 is 0. The van der Waals surface area contributed by atoms with Crippen LogP contribution in [0.3, 0.4) is 0 Å². The minimum Gasteiger partial charge on any atom is -0.440 e. The molecule has 0 amide bonds. The Morgan fingerprint density at radius 3 is 2.36 bits per heavy atom. The molecule has 3 aromatic carbocycles. The van der Waals surface area contributed by atoms with Crippen LogP contribution in [0.15, 0.2) is 82.0 Å². The minimum atomic E-state index is 0.0352. The van der Waals surface area contributed by atoms with E-state index in [1.54, 1.807) is 0 Å². The number of likely N-dealkylation sites (N-methyl/N-ethyl adjacent to an activating group) is 1. The van der Waals surface area contributed by atoms with E-state index in [0.29, 0.717) is 22.8 Å². The molecule has 4 heteroatoms. The Balaban J connectivity index is 1.59. The summed E-state index contributed by atoms with van der Waals surface area (Å²) in [5.74, 6) is 1.34. The Kier molecular flexibility index (Phi) is 4.66. The lowest BCUT2D eigenvalue weighted by Crippen LogP contribution is -2.40. The molecule has 6 rings (SSSR count). The van der Waals surface area contributed by atoms with Gasteiger partial charge in [0.25, 0.3) is 0 Å². The normalized spacial score (nSPS) is 22.4. The van der Waals surface area contributed by atoms with Crippen LogP contribution in [0, 0.1) is 19.8 Å². The number of nitrogens with zero attached hydrogens (tertiary/aromatic N) is 2. The number of likely N-dealkylation sites (tertiary alicyclic amines) is 1. The lowest BCUT2D eigenvalue weighted by Gasteiger charge is -2.39. The van der Waals surface area contributed by atoms with Gasteiger partial charge in [0.2, 0.25) is 5.88 Å². The van der Waals surface area contributed by atoms with Gasteiger partial charge in [0.1, 0.15) is 5.58 Å². The van der Waals surface area contributed by atoms with Gasteiger partial charge in [0, 0.05) is 36.7 Å². The predicted molar refractivity (Wildman–Crippen MR) is 133 cm³/mol. The summed E-state index contributed by atoms with van der Waals surface area (Å²) in [6.45, 7) is 5.85. The van der Waals surface area contributed by atoms with E-state index in [9.17, 15) is 4.79 Å². The highest BCUT2D eigenvalue weighted by Crippen LogP contribution is 2.51. The molecule has 1 fully saturated rings. The maximum Gasteiger partial charge on any atom is 0.209 e. The molecule has 3 atom stereocenters. The Labute approximate surface area is 194 Å². The number of benzene rings is 3. The van der Waals surface area contributed by atoms with Crippen molar-refractivity contribution < 1.29 is 4.42 Å². The molecule has 0 bridgehead atoms. The summed E-state index contributed by atoms with van der Waals surface area (Å²) in [6, 6.07) is 25.2. The van der Waals surface area contributed by atoms with Crippen molar-refractivity contribution in [3.8, 4) is 0 Å². The van der Waals surface area contributed by atoms with Gasteiger partial charge in [-0.15, -0.1) is 0 Å². The third-order valence-corrected chi connectivity index (χ3v) is 7.45. The lowest BCUT2D eigenvalue weighted by atomic mass is 9.80. The van der Waals surface area contributed by atoms with E-state index in [2.05, 4.69) is 78.4 Å². The first-order valence-electron chi connectivity index (χ1n) is 11.7. The van der Waals surface area contributed by atoms with Crippen LogP contribution < -0.4 is 10.3 Å². The van der Waals surface area contributed by atoms with Gasteiger partial charge in [0.05, 0.1) is 10.9 Å². The molecule has 33 heavy (non-hydrogen) atoms. The molecule has 0 N–H and O–H groups in total. The largest absolute Gasteiger partial charge is 0.440 e. The van der Waals surface area contributed by atoms with E-state index in [-0.39, 0.29) is 17.4 Å². The molecule has 0 aliphatic carbocycles. The van der Waals surface area contributed by atoms with Crippen LogP contribution in [0.4, 0.5) is 11.6 Å². The van der Waals surface area contributed by atoms with Gasteiger partial charge in [-0.3, -0.25) is 9.69 Å². The number of anilines is 2. The topological polar surface area (TPSA) is 36.7 Å². The molecule has 1 aromatic heterocycles. The second-order valence-electron chi connectivity index (χ2n) is 9.66. The van der Waals surface area contributed by atoms with E-state index in [1.807, 2.05) is 25.1 Å². The fourth-order valence-electron chi connectivity index (χ4n) is 5.83. The van der Waals surface area contributed by atoms with Crippen molar-refractivity contribution in [3.63, 3.8) is 0 Å². The number of hydrogen-bond donors (Lipinski definition) is 0. The Hall–Kier alpha value is -3.37. The SMILES string of the molecule is Cc1ccc(N2C[C@@H]3[C@@H](c4ccccc4)CN(C)[C@@H]3c3c2oc2ccc(C)cc2c3=O)cc1. The van der Waals surface area contributed by atoms with Gasteiger partial charge in [-0.1, -0.05) is 59.7 Å². The fourth-order valence-corrected chi connectivity index (χ4v) is 5.83. The zero-order valence-corrected chi connectivity index (χ0v) is 19.3. The van der Waals surface area contributed by atoms with E-state index in [0.717, 1.165) is 29.9 Å². The van der Waals surface area contributed by atoms with E-state index >= 15 is 0 Å². The summed E-state index contributed by atoms with van der Waals surface area (Å²) in [7, 11) is 2.14. The smallest absolute Gasteiger partial charge is 0.209 e. The first-order chi connectivity index (χ1) is 16.0. The first-order valence-corrected chi connectivity index (χ1v) is 11.7. The predicted octanol–water partition coefficient (Wildman–Crippen LogP) is 5.95. The second-order valence-corrected chi connectivity index (χ2v) is 9.66. The summed E-state index contributed by atoms with van der Waals surface area (Å²) in [4.78, 5) is 18.6. The number of rotatable bonds is 2. The Morgan fingerprint density at radius 2 is 1.61 bits per heavy atom. The molecule has 4 aromatic rings. The number of aryl methyl sites for hydroxylation is 2. The van der Waals surface area contributed by atoms with Gasteiger partial charge in [-0.05, 0) is 50.7 Å². The summed E-state index contributed by atoms with van der Waals surface area (Å²) in [6.07, 6.45) is 0. The molecule has 4 nitrogen and oxygen atoms in total. The highest BCUT2D eigenvalue weighted by atomic mass is 16.4. The molecule has 166 valence electrons. The van der Waals surface area contributed by atoms with Crippen LogP contribution in [0.5, 0.6) is 0 Å². The van der Waals surface area contributed by atoms with Crippen molar-refractivity contribution in [2.24, 2.45) is 5.92 Å². The highest BCUT2D eigenvalue weighted by molar-refractivity contribution is 5.81.